The van der Waals surface area contributed by atoms with Gasteiger partial charge in [-0.1, -0.05) is 171 Å². The van der Waals surface area contributed by atoms with Gasteiger partial charge in [0.15, 0.2) is 0 Å². The van der Waals surface area contributed by atoms with Crippen LogP contribution in [0.4, 0.5) is 17.1 Å². The van der Waals surface area contributed by atoms with E-state index in [1.807, 2.05) is 12.1 Å². The standard InChI is InChI=1S/C53H39N/c1-34-24-26-35(27-25-34)38-14-8-13-23-51(38)54(36-28-30-43-39-15-4-9-19-45(39)52(2,3)49(43)32-36)37-29-31-44-42-18-7-12-22-48(42)53(50(44)33-37)46-20-10-5-16-40(46)41-17-6-11-21-47(41)53/h4-33H,1-3H3/i1D3. The van der Waals surface area contributed by atoms with Gasteiger partial charge in [-0.25, -0.2) is 0 Å². The van der Waals surface area contributed by atoms with E-state index in [0.29, 0.717) is 5.56 Å². The smallest absolute Gasteiger partial charge is 0.0726 e. The van der Waals surface area contributed by atoms with Gasteiger partial charge in [0.1, 0.15) is 0 Å². The van der Waals surface area contributed by atoms with Crippen LogP contribution in [0.15, 0.2) is 182 Å². The van der Waals surface area contributed by atoms with Gasteiger partial charge in [0, 0.05) is 26.5 Å². The summed E-state index contributed by atoms with van der Waals surface area (Å²) in [6.07, 6.45) is 0. The number of anilines is 3. The molecule has 8 aromatic rings. The average Bonchev–Trinajstić information content (AvgIpc) is 3.79. The number of aryl methyl sites for hydroxylation is 1. The van der Waals surface area contributed by atoms with Crippen LogP contribution in [0.2, 0.25) is 0 Å². The molecule has 0 N–H and O–H groups in total. The highest BCUT2D eigenvalue weighted by atomic mass is 15.1. The van der Waals surface area contributed by atoms with Gasteiger partial charge in [0.2, 0.25) is 0 Å². The fraction of sp³-hybridized carbons (Fsp3) is 0.0943. The molecule has 0 fully saturated rings. The Labute approximate surface area is 322 Å². The molecule has 0 saturated carbocycles. The van der Waals surface area contributed by atoms with E-state index in [2.05, 4.69) is 176 Å². The van der Waals surface area contributed by atoms with Crippen molar-refractivity contribution < 1.29 is 4.11 Å². The number of para-hydroxylation sites is 1. The quantitative estimate of drug-likeness (QED) is 0.177. The van der Waals surface area contributed by atoms with Crippen molar-refractivity contribution in [2.24, 2.45) is 0 Å². The fourth-order valence-corrected chi connectivity index (χ4v) is 10.0. The Kier molecular flexibility index (Phi) is 5.87. The molecule has 1 nitrogen and oxygen atoms in total. The topological polar surface area (TPSA) is 3.24 Å². The van der Waals surface area contributed by atoms with Crippen LogP contribution in [0.1, 0.15) is 56.9 Å². The molecule has 1 heteroatoms. The Bertz CT molecular complexity index is 2870. The van der Waals surface area contributed by atoms with E-state index in [4.69, 9.17) is 4.11 Å². The van der Waals surface area contributed by atoms with Crippen LogP contribution in [0.25, 0.3) is 44.5 Å². The van der Waals surface area contributed by atoms with Crippen molar-refractivity contribution in [1.82, 2.24) is 0 Å². The van der Waals surface area contributed by atoms with Crippen molar-refractivity contribution in [1.29, 1.82) is 0 Å². The lowest BCUT2D eigenvalue weighted by molar-refractivity contribution is 0.660. The zero-order chi connectivity index (χ0) is 38.7. The molecular formula is C53H39N. The second-order valence-corrected chi connectivity index (χ2v) is 15.4. The summed E-state index contributed by atoms with van der Waals surface area (Å²) in [7, 11) is 0. The molecule has 0 aliphatic heterocycles. The molecular weight excluding hydrogens is 651 g/mol. The third-order valence-corrected chi connectivity index (χ3v) is 12.4. The zero-order valence-corrected chi connectivity index (χ0v) is 30.3. The normalized spacial score (nSPS) is 15.6. The zero-order valence-electron chi connectivity index (χ0n) is 33.3. The monoisotopic (exact) mass is 692 g/mol. The molecule has 3 aliphatic carbocycles. The maximum Gasteiger partial charge on any atom is 0.0726 e. The summed E-state index contributed by atoms with van der Waals surface area (Å²) >= 11 is 0. The second-order valence-electron chi connectivity index (χ2n) is 15.4. The van der Waals surface area contributed by atoms with Gasteiger partial charge in [-0.2, -0.15) is 0 Å². The highest BCUT2D eigenvalue weighted by molar-refractivity contribution is 5.97. The Morgan fingerprint density at radius 2 is 0.815 bits per heavy atom. The van der Waals surface area contributed by atoms with Crippen molar-refractivity contribution in [3.05, 3.63) is 221 Å². The molecule has 0 unspecified atom stereocenters. The van der Waals surface area contributed by atoms with E-state index in [9.17, 15) is 0 Å². The van der Waals surface area contributed by atoms with Crippen molar-refractivity contribution >= 4 is 17.1 Å². The Hall–Kier alpha value is -6.44. The minimum Gasteiger partial charge on any atom is -0.310 e. The first-order valence-corrected chi connectivity index (χ1v) is 18.9. The minimum absolute atomic E-state index is 0.181. The summed E-state index contributed by atoms with van der Waals surface area (Å²) in [4.78, 5) is 2.41. The van der Waals surface area contributed by atoms with Crippen LogP contribution in [0, 0.1) is 6.85 Å². The van der Waals surface area contributed by atoms with Crippen molar-refractivity contribution in [2.45, 2.75) is 31.5 Å². The van der Waals surface area contributed by atoms with Crippen molar-refractivity contribution in [3.63, 3.8) is 0 Å². The van der Waals surface area contributed by atoms with Gasteiger partial charge in [-0.3, -0.25) is 0 Å². The molecule has 11 rings (SSSR count). The third-order valence-electron chi connectivity index (χ3n) is 12.4. The summed E-state index contributed by atoms with van der Waals surface area (Å²) in [5, 5.41) is 0. The maximum atomic E-state index is 8.02. The first kappa shape index (κ1) is 28.1. The molecule has 0 atom stereocenters. The molecule has 0 bridgehead atoms. The number of hydrogen-bond donors (Lipinski definition) is 0. The Morgan fingerprint density at radius 1 is 0.389 bits per heavy atom. The summed E-state index contributed by atoms with van der Waals surface area (Å²) in [6.45, 7) is 2.49. The number of rotatable bonds is 4. The van der Waals surface area contributed by atoms with Crippen molar-refractivity contribution in [2.75, 3.05) is 4.90 Å². The lowest BCUT2D eigenvalue weighted by atomic mass is 9.70. The van der Waals surface area contributed by atoms with E-state index in [1.165, 1.54) is 66.8 Å². The Morgan fingerprint density at radius 3 is 1.37 bits per heavy atom. The van der Waals surface area contributed by atoms with Gasteiger partial charge in [-0.05, 0) is 110 Å². The molecule has 0 amide bonds. The molecule has 0 aromatic heterocycles. The van der Waals surface area contributed by atoms with E-state index in [0.717, 1.165) is 28.2 Å². The van der Waals surface area contributed by atoms with Crippen LogP contribution in [0.3, 0.4) is 0 Å². The van der Waals surface area contributed by atoms with E-state index >= 15 is 0 Å². The first-order chi connectivity index (χ1) is 27.7. The largest absolute Gasteiger partial charge is 0.310 e. The first-order valence-electron chi connectivity index (χ1n) is 20.4. The SMILES string of the molecule is [2H]C([2H])([2H])c1ccc(-c2ccccc2N(c2ccc3c(c2)C(C)(C)c2ccccc2-3)c2ccc3c(c2)C2(c4ccccc4-c4ccccc42)c2ccccc2-3)cc1. The fourth-order valence-electron chi connectivity index (χ4n) is 10.0. The van der Waals surface area contributed by atoms with Gasteiger partial charge in [-0.15, -0.1) is 0 Å². The van der Waals surface area contributed by atoms with Crippen molar-refractivity contribution in [3.8, 4) is 44.5 Å². The molecule has 8 aromatic carbocycles. The molecule has 54 heavy (non-hydrogen) atoms. The van der Waals surface area contributed by atoms with Gasteiger partial charge in [0.25, 0.3) is 0 Å². The summed E-state index contributed by atoms with van der Waals surface area (Å²) in [5.41, 5.74) is 20.3. The van der Waals surface area contributed by atoms with E-state index in [-0.39, 0.29) is 5.41 Å². The van der Waals surface area contributed by atoms with Crippen LogP contribution in [-0.2, 0) is 10.8 Å². The number of nitrogens with zero attached hydrogens (tertiary/aromatic N) is 1. The molecule has 3 aliphatic rings. The number of hydrogen-bond acceptors (Lipinski definition) is 1. The molecule has 1 spiro atoms. The molecule has 256 valence electrons. The minimum atomic E-state index is -2.17. The van der Waals surface area contributed by atoms with Crippen LogP contribution >= 0.6 is 0 Å². The lowest BCUT2D eigenvalue weighted by Crippen LogP contribution is -2.26. The molecule has 0 saturated heterocycles. The predicted octanol–water partition coefficient (Wildman–Crippen LogP) is 13.8. The predicted molar refractivity (Wildman–Crippen MR) is 225 cm³/mol. The van der Waals surface area contributed by atoms with Crippen LogP contribution in [-0.4, -0.2) is 0 Å². The van der Waals surface area contributed by atoms with E-state index in [1.54, 1.807) is 12.1 Å². The van der Waals surface area contributed by atoms with Gasteiger partial charge >= 0.3 is 0 Å². The average molecular weight is 693 g/mol. The number of fused-ring (bicyclic) bond motifs is 13. The summed E-state index contributed by atoms with van der Waals surface area (Å²) in [6, 6.07) is 65.5. The van der Waals surface area contributed by atoms with Gasteiger partial charge in [0.05, 0.1) is 11.1 Å². The highest BCUT2D eigenvalue weighted by Crippen LogP contribution is 2.63. The number of benzene rings is 8. The highest BCUT2D eigenvalue weighted by Gasteiger charge is 2.51. The summed E-state index contributed by atoms with van der Waals surface area (Å²) in [5.74, 6) is 0. The van der Waals surface area contributed by atoms with Crippen LogP contribution in [0.5, 0.6) is 0 Å². The second kappa shape index (κ2) is 11.3. The van der Waals surface area contributed by atoms with E-state index < -0.39 is 12.3 Å². The molecule has 0 radical (unpaired) electrons. The maximum absolute atomic E-state index is 8.02. The van der Waals surface area contributed by atoms with Gasteiger partial charge < -0.3 is 4.90 Å². The Balaban J connectivity index is 1.18. The molecule has 0 heterocycles. The third kappa shape index (κ3) is 4.10. The summed E-state index contributed by atoms with van der Waals surface area (Å²) < 4.78 is 24.1. The lowest BCUT2D eigenvalue weighted by Gasteiger charge is -2.33. The van der Waals surface area contributed by atoms with Crippen LogP contribution < -0.4 is 4.90 Å².